The van der Waals surface area contributed by atoms with Crippen molar-refractivity contribution in [3.05, 3.63) is 0 Å². The van der Waals surface area contributed by atoms with Crippen molar-refractivity contribution in [1.29, 1.82) is 0 Å². The molecule has 0 aromatic carbocycles. The minimum atomic E-state index is 0.0994. The van der Waals surface area contributed by atoms with E-state index in [2.05, 4.69) is 31.0 Å². The van der Waals surface area contributed by atoms with Crippen molar-refractivity contribution in [2.75, 3.05) is 26.2 Å². The highest BCUT2D eigenvalue weighted by Crippen LogP contribution is 2.24. The summed E-state index contributed by atoms with van der Waals surface area (Å²) in [5, 5.41) is 3.59. The number of carbonyl (C=O) groups excluding carboxylic acids is 1. The molecule has 0 radical (unpaired) electrons. The van der Waals surface area contributed by atoms with Gasteiger partial charge in [0.05, 0.1) is 18.6 Å². The molecule has 0 bridgehead atoms. The van der Waals surface area contributed by atoms with Crippen LogP contribution in [0, 0.1) is 11.8 Å². The van der Waals surface area contributed by atoms with Gasteiger partial charge in [0.2, 0.25) is 5.91 Å². The van der Waals surface area contributed by atoms with Gasteiger partial charge in [-0.1, -0.05) is 13.8 Å². The second-order valence-corrected chi connectivity index (χ2v) is 6.19. The van der Waals surface area contributed by atoms with Gasteiger partial charge in [-0.25, -0.2) is 0 Å². The third-order valence-corrected chi connectivity index (χ3v) is 4.42. The molecule has 4 unspecified atom stereocenters. The van der Waals surface area contributed by atoms with Crippen LogP contribution in [0.4, 0.5) is 0 Å². The van der Waals surface area contributed by atoms with Crippen LogP contribution < -0.4 is 5.32 Å². The molecule has 4 nitrogen and oxygen atoms in total. The first-order chi connectivity index (χ1) is 9.11. The molecular weight excluding hydrogens is 240 g/mol. The molecule has 2 saturated heterocycles. The van der Waals surface area contributed by atoms with Crippen molar-refractivity contribution >= 4 is 5.91 Å². The van der Waals surface area contributed by atoms with Crippen molar-refractivity contribution in [2.24, 2.45) is 11.8 Å². The standard InChI is InChI=1S/C15H28N2O2/c1-4-6-16-14-5-7-17(9-11(14)2)15(18)13-8-12(3)19-10-13/h11-14,16H,4-10H2,1-3H3. The quantitative estimate of drug-likeness (QED) is 0.843. The van der Waals surface area contributed by atoms with Gasteiger partial charge in [0.25, 0.3) is 0 Å². The van der Waals surface area contributed by atoms with Crippen LogP contribution >= 0.6 is 0 Å². The summed E-state index contributed by atoms with van der Waals surface area (Å²) in [4.78, 5) is 14.5. The molecule has 2 fully saturated rings. The maximum Gasteiger partial charge on any atom is 0.228 e. The lowest BCUT2D eigenvalue weighted by Crippen LogP contribution is -2.51. The number of piperidine rings is 1. The fraction of sp³-hybridized carbons (Fsp3) is 0.933. The average Bonchev–Trinajstić information content (AvgIpc) is 2.83. The Kier molecular flexibility index (Phi) is 5.22. The molecule has 0 aromatic heterocycles. The zero-order valence-corrected chi connectivity index (χ0v) is 12.5. The molecule has 0 saturated carbocycles. The fourth-order valence-corrected chi connectivity index (χ4v) is 3.23. The normalized spacial score (nSPS) is 35.6. The Balaban J connectivity index is 1.82. The number of hydrogen-bond acceptors (Lipinski definition) is 3. The summed E-state index contributed by atoms with van der Waals surface area (Å²) in [6, 6.07) is 0.572. The second-order valence-electron chi connectivity index (χ2n) is 6.19. The smallest absolute Gasteiger partial charge is 0.228 e. The largest absolute Gasteiger partial charge is 0.378 e. The lowest BCUT2D eigenvalue weighted by molar-refractivity contribution is -0.137. The number of amides is 1. The van der Waals surface area contributed by atoms with Gasteiger partial charge in [-0.2, -0.15) is 0 Å². The lowest BCUT2D eigenvalue weighted by atomic mass is 9.92. The first-order valence-electron chi connectivity index (χ1n) is 7.75. The van der Waals surface area contributed by atoms with E-state index in [-0.39, 0.29) is 12.0 Å². The van der Waals surface area contributed by atoms with Crippen LogP contribution in [0.2, 0.25) is 0 Å². The number of nitrogens with zero attached hydrogens (tertiary/aromatic N) is 1. The Labute approximate surface area is 116 Å². The van der Waals surface area contributed by atoms with Gasteiger partial charge >= 0.3 is 0 Å². The summed E-state index contributed by atoms with van der Waals surface area (Å²) in [7, 11) is 0. The summed E-state index contributed by atoms with van der Waals surface area (Å²) in [6.45, 7) is 9.98. The minimum absolute atomic E-state index is 0.0994. The highest BCUT2D eigenvalue weighted by molar-refractivity contribution is 5.79. The Morgan fingerprint density at radius 2 is 2.21 bits per heavy atom. The predicted molar refractivity (Wildman–Crippen MR) is 76.0 cm³/mol. The molecule has 4 heteroatoms. The van der Waals surface area contributed by atoms with Crippen LogP contribution in [-0.2, 0) is 9.53 Å². The van der Waals surface area contributed by atoms with Gasteiger partial charge in [-0.15, -0.1) is 0 Å². The SMILES string of the molecule is CCCNC1CCN(C(=O)C2COC(C)C2)CC1C. The Bertz CT molecular complexity index is 309. The molecule has 1 N–H and O–H groups in total. The molecule has 4 atom stereocenters. The molecule has 2 rings (SSSR count). The Morgan fingerprint density at radius 1 is 1.42 bits per heavy atom. The topological polar surface area (TPSA) is 41.6 Å². The van der Waals surface area contributed by atoms with Crippen LogP contribution in [0.25, 0.3) is 0 Å². The molecule has 2 heterocycles. The van der Waals surface area contributed by atoms with E-state index in [9.17, 15) is 4.79 Å². The number of ether oxygens (including phenoxy) is 1. The number of rotatable bonds is 4. The molecule has 0 aliphatic carbocycles. The van der Waals surface area contributed by atoms with Gasteiger partial charge < -0.3 is 15.0 Å². The number of carbonyl (C=O) groups is 1. The van der Waals surface area contributed by atoms with Gasteiger partial charge in [0.1, 0.15) is 0 Å². The van der Waals surface area contributed by atoms with Crippen LogP contribution in [0.15, 0.2) is 0 Å². The van der Waals surface area contributed by atoms with Crippen molar-refractivity contribution in [2.45, 2.75) is 52.2 Å². The maximum atomic E-state index is 12.4. The molecule has 2 aliphatic heterocycles. The van der Waals surface area contributed by atoms with Crippen LogP contribution in [0.5, 0.6) is 0 Å². The first kappa shape index (κ1) is 14.8. The zero-order chi connectivity index (χ0) is 13.8. The molecule has 2 aliphatic rings. The third kappa shape index (κ3) is 3.69. The summed E-state index contributed by atoms with van der Waals surface area (Å²) in [5.41, 5.74) is 0. The molecule has 110 valence electrons. The van der Waals surface area contributed by atoms with Crippen molar-refractivity contribution in [1.82, 2.24) is 10.2 Å². The van der Waals surface area contributed by atoms with Gasteiger partial charge in [0, 0.05) is 19.1 Å². The van der Waals surface area contributed by atoms with Gasteiger partial charge in [0.15, 0.2) is 0 Å². The van der Waals surface area contributed by atoms with Gasteiger partial charge in [-0.05, 0) is 38.6 Å². The van der Waals surface area contributed by atoms with E-state index in [0.717, 1.165) is 32.5 Å². The molecule has 0 aromatic rings. The van der Waals surface area contributed by atoms with E-state index in [1.54, 1.807) is 0 Å². The van der Waals surface area contributed by atoms with Crippen LogP contribution in [0.1, 0.15) is 40.0 Å². The fourth-order valence-electron chi connectivity index (χ4n) is 3.23. The zero-order valence-electron chi connectivity index (χ0n) is 12.5. The molecule has 19 heavy (non-hydrogen) atoms. The summed E-state index contributed by atoms with van der Waals surface area (Å²) in [5.74, 6) is 0.955. The van der Waals surface area contributed by atoms with E-state index in [1.807, 2.05) is 0 Å². The maximum absolute atomic E-state index is 12.4. The van der Waals surface area contributed by atoms with E-state index in [0.29, 0.717) is 24.5 Å². The van der Waals surface area contributed by atoms with Crippen molar-refractivity contribution in [3.8, 4) is 0 Å². The Hall–Kier alpha value is -0.610. The number of nitrogens with one attached hydrogen (secondary N) is 1. The monoisotopic (exact) mass is 268 g/mol. The van der Waals surface area contributed by atoms with Gasteiger partial charge in [-0.3, -0.25) is 4.79 Å². The summed E-state index contributed by atoms with van der Waals surface area (Å²) >= 11 is 0. The molecule has 1 amide bonds. The summed E-state index contributed by atoms with van der Waals surface area (Å²) in [6.07, 6.45) is 3.38. The third-order valence-electron chi connectivity index (χ3n) is 4.42. The van der Waals surface area contributed by atoms with Crippen molar-refractivity contribution in [3.63, 3.8) is 0 Å². The van der Waals surface area contributed by atoms with E-state index < -0.39 is 0 Å². The van der Waals surface area contributed by atoms with E-state index in [1.165, 1.54) is 6.42 Å². The number of likely N-dealkylation sites (tertiary alicyclic amines) is 1. The van der Waals surface area contributed by atoms with Crippen LogP contribution in [-0.4, -0.2) is 49.2 Å². The Morgan fingerprint density at radius 3 is 2.79 bits per heavy atom. The van der Waals surface area contributed by atoms with Crippen molar-refractivity contribution < 1.29 is 9.53 Å². The first-order valence-corrected chi connectivity index (χ1v) is 7.75. The van der Waals surface area contributed by atoms with E-state index in [4.69, 9.17) is 4.74 Å². The predicted octanol–water partition coefficient (Wildman–Crippen LogP) is 1.65. The molecular formula is C15H28N2O2. The summed E-state index contributed by atoms with van der Waals surface area (Å²) < 4.78 is 5.52. The highest BCUT2D eigenvalue weighted by atomic mass is 16.5. The molecule has 0 spiro atoms. The average molecular weight is 268 g/mol. The second kappa shape index (κ2) is 6.71. The lowest BCUT2D eigenvalue weighted by Gasteiger charge is -2.38. The van der Waals surface area contributed by atoms with Crippen LogP contribution in [0.3, 0.4) is 0 Å². The highest BCUT2D eigenvalue weighted by Gasteiger charge is 2.35. The van der Waals surface area contributed by atoms with E-state index >= 15 is 0 Å². The minimum Gasteiger partial charge on any atom is -0.378 e. The number of hydrogen-bond donors (Lipinski definition) is 1.